The van der Waals surface area contributed by atoms with Crippen molar-refractivity contribution in [2.45, 2.75) is 26.0 Å². The highest BCUT2D eigenvalue weighted by molar-refractivity contribution is 6.00. The fourth-order valence-corrected chi connectivity index (χ4v) is 2.58. The van der Waals surface area contributed by atoms with E-state index < -0.39 is 6.10 Å². The van der Waals surface area contributed by atoms with Crippen molar-refractivity contribution in [2.24, 2.45) is 0 Å². The monoisotopic (exact) mass is 325 g/mol. The molecule has 1 aromatic heterocycles. The Morgan fingerprint density at radius 3 is 2.83 bits per heavy atom. The summed E-state index contributed by atoms with van der Waals surface area (Å²) in [5.74, 6) is 0.412. The van der Waals surface area contributed by atoms with Crippen LogP contribution in [0.2, 0.25) is 0 Å². The fraction of sp³-hybridized carbons (Fsp3) is 0.278. The molecule has 6 nitrogen and oxygen atoms in total. The van der Waals surface area contributed by atoms with E-state index in [9.17, 15) is 9.59 Å². The van der Waals surface area contributed by atoms with Crippen LogP contribution in [0.3, 0.4) is 0 Å². The van der Waals surface area contributed by atoms with Crippen LogP contribution in [0.4, 0.5) is 5.69 Å². The normalized spacial score (nSPS) is 16.3. The van der Waals surface area contributed by atoms with Crippen molar-refractivity contribution in [2.75, 3.05) is 11.4 Å². The van der Waals surface area contributed by atoms with E-state index in [1.807, 2.05) is 42.5 Å². The number of carbonyl (C=O) groups excluding carboxylic acids is 2. The predicted octanol–water partition coefficient (Wildman–Crippen LogP) is 1.90. The molecular formula is C18H19N3O3. The van der Waals surface area contributed by atoms with Crippen LogP contribution >= 0.6 is 0 Å². The molecule has 1 aromatic carbocycles. The molecule has 0 saturated heterocycles. The van der Waals surface area contributed by atoms with Crippen molar-refractivity contribution in [3.8, 4) is 5.75 Å². The van der Waals surface area contributed by atoms with Crippen molar-refractivity contribution in [1.29, 1.82) is 0 Å². The maximum absolute atomic E-state index is 12.3. The molecule has 0 fully saturated rings. The average molecular weight is 325 g/mol. The molecule has 0 spiro atoms. The maximum atomic E-state index is 12.3. The van der Waals surface area contributed by atoms with E-state index in [1.54, 1.807) is 18.0 Å². The second kappa shape index (κ2) is 7.12. The van der Waals surface area contributed by atoms with Gasteiger partial charge in [0, 0.05) is 19.2 Å². The second-order valence-corrected chi connectivity index (χ2v) is 5.57. The number of amides is 2. The molecule has 124 valence electrons. The molecule has 2 amide bonds. The van der Waals surface area contributed by atoms with E-state index in [0.29, 0.717) is 24.5 Å². The van der Waals surface area contributed by atoms with Gasteiger partial charge in [-0.15, -0.1) is 0 Å². The molecule has 0 aliphatic carbocycles. The number of para-hydroxylation sites is 2. The molecule has 2 aromatic rings. The molecule has 24 heavy (non-hydrogen) atoms. The minimum atomic E-state index is -0.545. The first-order valence-corrected chi connectivity index (χ1v) is 7.89. The van der Waals surface area contributed by atoms with Crippen LogP contribution in [0.25, 0.3) is 0 Å². The summed E-state index contributed by atoms with van der Waals surface area (Å²) in [6, 6.07) is 12.9. The summed E-state index contributed by atoms with van der Waals surface area (Å²) in [5, 5.41) is 2.82. The number of hydrogen-bond donors (Lipinski definition) is 1. The average Bonchev–Trinajstić information content (AvgIpc) is 2.61. The molecule has 0 saturated carbocycles. The minimum Gasteiger partial charge on any atom is -0.479 e. The van der Waals surface area contributed by atoms with Gasteiger partial charge in [0.2, 0.25) is 5.91 Å². The maximum Gasteiger partial charge on any atom is 0.267 e. The van der Waals surface area contributed by atoms with Crippen LogP contribution in [0.1, 0.15) is 19.0 Å². The number of benzene rings is 1. The summed E-state index contributed by atoms with van der Waals surface area (Å²) in [7, 11) is 0. The molecule has 1 aliphatic heterocycles. The summed E-state index contributed by atoms with van der Waals surface area (Å²) >= 11 is 0. The summed E-state index contributed by atoms with van der Waals surface area (Å²) < 4.78 is 5.59. The highest BCUT2D eigenvalue weighted by atomic mass is 16.5. The van der Waals surface area contributed by atoms with Crippen LogP contribution in [0.15, 0.2) is 48.7 Å². The number of pyridine rings is 1. The second-order valence-electron chi connectivity index (χ2n) is 5.57. The molecule has 6 heteroatoms. The van der Waals surface area contributed by atoms with Crippen molar-refractivity contribution in [3.63, 3.8) is 0 Å². The van der Waals surface area contributed by atoms with Gasteiger partial charge in [0.05, 0.1) is 17.9 Å². The number of fused-ring (bicyclic) bond motifs is 1. The zero-order valence-electron chi connectivity index (χ0n) is 13.4. The Balaban J connectivity index is 1.59. The lowest BCUT2D eigenvalue weighted by Crippen LogP contribution is -2.45. The van der Waals surface area contributed by atoms with E-state index >= 15 is 0 Å². The van der Waals surface area contributed by atoms with Gasteiger partial charge in [0.25, 0.3) is 5.91 Å². The lowest BCUT2D eigenvalue weighted by Gasteiger charge is -2.32. The Hall–Kier alpha value is -2.89. The molecule has 0 radical (unpaired) electrons. The molecule has 1 aliphatic rings. The van der Waals surface area contributed by atoms with Crippen molar-refractivity contribution in [1.82, 2.24) is 10.3 Å². The third-order valence-electron chi connectivity index (χ3n) is 3.83. The van der Waals surface area contributed by atoms with Crippen LogP contribution in [-0.2, 0) is 16.1 Å². The first kappa shape index (κ1) is 16.0. The standard InChI is InChI=1S/C18H19N3O3/c1-13-18(23)21(15-7-2-3-8-16(15)24-13)11-9-17(22)20-12-14-6-4-5-10-19-14/h2-8,10,13H,9,11-12H2,1H3,(H,20,22). The number of ether oxygens (including phenoxy) is 1. The largest absolute Gasteiger partial charge is 0.479 e. The van der Waals surface area contributed by atoms with Gasteiger partial charge >= 0.3 is 0 Å². The smallest absolute Gasteiger partial charge is 0.267 e. The van der Waals surface area contributed by atoms with Crippen molar-refractivity contribution in [3.05, 3.63) is 54.4 Å². The van der Waals surface area contributed by atoms with Crippen LogP contribution in [0, 0.1) is 0 Å². The molecule has 1 N–H and O–H groups in total. The summed E-state index contributed by atoms with van der Waals surface area (Å²) in [6.07, 6.45) is 1.36. The van der Waals surface area contributed by atoms with Gasteiger partial charge in [-0.05, 0) is 31.2 Å². The van der Waals surface area contributed by atoms with Gasteiger partial charge in [-0.2, -0.15) is 0 Å². The number of nitrogens with one attached hydrogen (secondary N) is 1. The van der Waals surface area contributed by atoms with Crippen molar-refractivity contribution >= 4 is 17.5 Å². The fourth-order valence-electron chi connectivity index (χ4n) is 2.58. The Kier molecular flexibility index (Phi) is 4.74. The van der Waals surface area contributed by atoms with Crippen LogP contribution < -0.4 is 15.0 Å². The summed E-state index contributed by atoms with van der Waals surface area (Å²) in [4.78, 5) is 30.2. The number of hydrogen-bond acceptors (Lipinski definition) is 4. The topological polar surface area (TPSA) is 71.5 Å². The quantitative estimate of drug-likeness (QED) is 0.911. The minimum absolute atomic E-state index is 0.120. The Bertz CT molecular complexity index is 733. The number of aromatic nitrogens is 1. The third kappa shape index (κ3) is 3.53. The zero-order valence-corrected chi connectivity index (χ0v) is 13.4. The van der Waals surface area contributed by atoms with E-state index in [2.05, 4.69) is 10.3 Å². The predicted molar refractivity (Wildman–Crippen MR) is 89.6 cm³/mol. The van der Waals surface area contributed by atoms with Crippen LogP contribution in [0.5, 0.6) is 5.75 Å². The Morgan fingerprint density at radius 2 is 2.04 bits per heavy atom. The number of carbonyl (C=O) groups is 2. The van der Waals surface area contributed by atoms with Gasteiger partial charge in [0.15, 0.2) is 6.10 Å². The first-order valence-electron chi connectivity index (χ1n) is 7.89. The van der Waals surface area contributed by atoms with E-state index in [1.165, 1.54) is 0 Å². The van der Waals surface area contributed by atoms with Gasteiger partial charge in [0.1, 0.15) is 5.75 Å². The van der Waals surface area contributed by atoms with E-state index in [0.717, 1.165) is 5.69 Å². The molecule has 1 atom stereocenters. The number of anilines is 1. The highest BCUT2D eigenvalue weighted by Gasteiger charge is 2.31. The molecule has 0 bridgehead atoms. The molecule has 2 heterocycles. The first-order chi connectivity index (χ1) is 11.6. The third-order valence-corrected chi connectivity index (χ3v) is 3.83. The molecular weight excluding hydrogens is 306 g/mol. The molecule has 3 rings (SSSR count). The van der Waals surface area contributed by atoms with E-state index in [4.69, 9.17) is 4.74 Å². The summed E-state index contributed by atoms with van der Waals surface area (Å²) in [6.45, 7) is 2.41. The number of rotatable bonds is 5. The van der Waals surface area contributed by atoms with E-state index in [-0.39, 0.29) is 18.2 Å². The van der Waals surface area contributed by atoms with Gasteiger partial charge in [-0.3, -0.25) is 14.6 Å². The lowest BCUT2D eigenvalue weighted by atomic mass is 10.1. The Morgan fingerprint density at radius 1 is 1.25 bits per heavy atom. The zero-order chi connectivity index (χ0) is 16.9. The van der Waals surface area contributed by atoms with Gasteiger partial charge in [-0.25, -0.2) is 0 Å². The molecule has 1 unspecified atom stereocenters. The van der Waals surface area contributed by atoms with Gasteiger partial charge in [-0.1, -0.05) is 18.2 Å². The SMILES string of the molecule is CC1Oc2ccccc2N(CCC(=O)NCc2ccccn2)C1=O. The Labute approximate surface area is 140 Å². The van der Waals surface area contributed by atoms with Crippen molar-refractivity contribution < 1.29 is 14.3 Å². The summed E-state index contributed by atoms with van der Waals surface area (Å²) in [5.41, 5.74) is 1.50. The van der Waals surface area contributed by atoms with Crippen LogP contribution in [-0.4, -0.2) is 29.4 Å². The highest BCUT2D eigenvalue weighted by Crippen LogP contribution is 2.33. The van der Waals surface area contributed by atoms with Gasteiger partial charge < -0.3 is 15.0 Å². The number of nitrogens with zero attached hydrogens (tertiary/aromatic N) is 2. The lowest BCUT2D eigenvalue weighted by molar-refractivity contribution is -0.125.